The molecule has 8 heteroatoms. The molecule has 0 aliphatic heterocycles. The summed E-state index contributed by atoms with van der Waals surface area (Å²) in [6, 6.07) is 0. The molecule has 0 atom stereocenters. The first-order valence-corrected chi connectivity index (χ1v) is 7.52. The van der Waals surface area contributed by atoms with Gasteiger partial charge in [0.05, 0.1) is 0 Å². The summed E-state index contributed by atoms with van der Waals surface area (Å²) in [5.74, 6) is -1.08. The summed E-state index contributed by atoms with van der Waals surface area (Å²) in [7, 11) is 0. The summed E-state index contributed by atoms with van der Waals surface area (Å²) in [5.41, 5.74) is 0. The van der Waals surface area contributed by atoms with Crippen molar-refractivity contribution in [2.75, 3.05) is 0 Å². The van der Waals surface area contributed by atoms with Crippen molar-refractivity contribution in [3.63, 3.8) is 0 Å². The molecule has 0 aromatic rings. The molecule has 7 nitrogen and oxygen atoms in total. The molecule has 0 unspecified atom stereocenters. The maximum absolute atomic E-state index is 10.8. The Bertz CT molecular complexity index is 255. The van der Waals surface area contributed by atoms with E-state index in [9.17, 15) is 8.12 Å². The van der Waals surface area contributed by atoms with Gasteiger partial charge >= 0.3 is 82.9 Å². The maximum atomic E-state index is 10.8. The first-order chi connectivity index (χ1) is 6.28. The number of hydrogen-bond donors (Lipinski definition) is 3. The summed E-state index contributed by atoms with van der Waals surface area (Å²) in [4.78, 5) is 10.8. The number of hydrogen-bond acceptors (Lipinski definition) is 5. The Morgan fingerprint density at radius 3 is 2.36 bits per heavy atom. The average Bonchev–Trinajstić information content (AvgIpc) is 2.03. The summed E-state index contributed by atoms with van der Waals surface area (Å²) in [6.45, 7) is 1.91. The summed E-state index contributed by atoms with van der Waals surface area (Å²) in [5, 5.41) is 7.87. The van der Waals surface area contributed by atoms with Gasteiger partial charge in [-0.1, -0.05) is 0 Å². The first-order valence-electron chi connectivity index (χ1n) is 4.21. The molecule has 0 saturated heterocycles. The van der Waals surface area contributed by atoms with Crippen molar-refractivity contribution < 1.29 is 44.4 Å². The first kappa shape index (κ1) is 13.8. The van der Waals surface area contributed by atoms with Gasteiger partial charge in [0.2, 0.25) is 0 Å². The van der Waals surface area contributed by atoms with Gasteiger partial charge in [-0.25, -0.2) is 0 Å². The van der Waals surface area contributed by atoms with Crippen molar-refractivity contribution in [3.05, 3.63) is 0 Å². The van der Waals surface area contributed by atoms with Crippen molar-refractivity contribution in [3.8, 4) is 0 Å². The van der Waals surface area contributed by atoms with E-state index in [0.29, 0.717) is 6.42 Å². The number of unbranched alkanes of at least 4 members (excludes halogenated alkanes) is 2. The van der Waals surface area contributed by atoms with E-state index in [2.05, 4.69) is 6.79 Å². The molecule has 14 heavy (non-hydrogen) atoms. The van der Waals surface area contributed by atoms with Crippen molar-refractivity contribution in [1.82, 2.24) is 0 Å². The van der Waals surface area contributed by atoms with Crippen molar-refractivity contribution in [1.29, 1.82) is 0 Å². The normalized spacial score (nSPS) is 12.6. The quantitative estimate of drug-likeness (QED) is 0.267. The molecule has 3 N–H and O–H groups in total. The van der Waals surface area contributed by atoms with E-state index in [0.717, 1.165) is 12.8 Å². The van der Waals surface area contributed by atoms with Crippen LogP contribution in [0, 0.1) is 0 Å². The second kappa shape index (κ2) is 5.06. The Labute approximate surface area is 83.3 Å². The number of rotatable bonds is 6. The fraction of sp³-hybridized carbons (Fsp3) is 0.833. The summed E-state index contributed by atoms with van der Waals surface area (Å²) < 4.78 is 34.5. The van der Waals surface area contributed by atoms with Gasteiger partial charge in [-0.3, -0.25) is 0 Å². The van der Waals surface area contributed by atoms with Crippen LogP contribution < -0.4 is 0 Å². The van der Waals surface area contributed by atoms with Crippen LogP contribution in [0.1, 0.15) is 32.6 Å². The molecular weight excluding hydrogens is 232 g/mol. The van der Waals surface area contributed by atoms with Crippen molar-refractivity contribution in [2.24, 2.45) is 0 Å². The molecule has 0 fully saturated rings. The van der Waals surface area contributed by atoms with Crippen molar-refractivity contribution >= 4 is 5.97 Å². The SMILES string of the molecule is CCCCCC(=O)[O][Ti](=[O])([OH])([OH])[O]O. The molecule has 0 radical (unpaired) electrons. The monoisotopic (exact) mass is 246 g/mol. The third-order valence-corrected chi connectivity index (χ3v) is 2.82. The Hall–Kier alpha value is -0.176. The summed E-state index contributed by atoms with van der Waals surface area (Å²) >= 11 is -6.97. The minimum absolute atomic E-state index is 0.111. The van der Waals surface area contributed by atoms with Crippen LogP contribution in [0.25, 0.3) is 0 Å². The van der Waals surface area contributed by atoms with Crippen LogP contribution in [-0.4, -0.2) is 18.6 Å². The van der Waals surface area contributed by atoms with E-state index in [1.165, 1.54) is 0 Å². The molecule has 0 rings (SSSR count). The third kappa shape index (κ3) is 6.30. The van der Waals surface area contributed by atoms with Crippen LogP contribution >= 0.6 is 0 Å². The van der Waals surface area contributed by atoms with E-state index in [4.69, 9.17) is 12.6 Å². The van der Waals surface area contributed by atoms with Gasteiger partial charge < -0.3 is 0 Å². The molecular formula is C6H14O7Ti. The zero-order chi connectivity index (χ0) is 11.3. The van der Waals surface area contributed by atoms with E-state index >= 15 is 0 Å². The average molecular weight is 246 g/mol. The molecule has 84 valence electrons. The zero-order valence-electron chi connectivity index (χ0n) is 7.80. The fourth-order valence-electron chi connectivity index (χ4n) is 0.784. The number of carbonyl (C=O) groups is 1. The molecule has 0 aliphatic carbocycles. The van der Waals surface area contributed by atoms with Gasteiger partial charge in [0, 0.05) is 0 Å². The molecule has 0 aromatic heterocycles. The van der Waals surface area contributed by atoms with E-state index in [1.54, 1.807) is 0 Å². The van der Waals surface area contributed by atoms with E-state index < -0.39 is 22.8 Å². The van der Waals surface area contributed by atoms with Gasteiger partial charge in [-0.05, 0) is 0 Å². The minimum atomic E-state index is -6.97. The Morgan fingerprint density at radius 2 is 1.93 bits per heavy atom. The van der Waals surface area contributed by atoms with Crippen LogP contribution in [-0.2, 0) is 31.7 Å². The third-order valence-electron chi connectivity index (χ3n) is 1.43. The molecule has 0 heterocycles. The number of carbonyl (C=O) groups excluding carboxylic acids is 1. The van der Waals surface area contributed by atoms with Gasteiger partial charge in [0.25, 0.3) is 0 Å². The van der Waals surface area contributed by atoms with Crippen LogP contribution in [0.5, 0.6) is 0 Å². The Balaban J connectivity index is 4.01. The van der Waals surface area contributed by atoms with E-state index in [-0.39, 0.29) is 6.42 Å². The predicted octanol–water partition coefficient (Wildman–Crippen LogP) is 0.279. The predicted molar refractivity (Wildman–Crippen MR) is 39.1 cm³/mol. The van der Waals surface area contributed by atoms with Gasteiger partial charge in [-0.2, -0.15) is 0 Å². The van der Waals surface area contributed by atoms with Gasteiger partial charge in [0.15, 0.2) is 0 Å². The molecule has 0 saturated carbocycles. The molecule has 0 bridgehead atoms. The van der Waals surface area contributed by atoms with Crippen molar-refractivity contribution in [2.45, 2.75) is 32.6 Å². The summed E-state index contributed by atoms with van der Waals surface area (Å²) in [6.07, 6.45) is 1.99. The topological polar surface area (TPSA) is 113 Å². The standard InChI is InChI=1S/C6H12O2.H2O2.2H2O.O.Ti/c1-2-3-4-5-6(7)8;1-2;;;;/h2-5H2,1H3,(H,7,8);1-2H;2*1H2;;/q;;;;;+4/p-4. The van der Waals surface area contributed by atoms with Crippen LogP contribution in [0.3, 0.4) is 0 Å². The van der Waals surface area contributed by atoms with Crippen LogP contribution in [0.4, 0.5) is 0 Å². The molecule has 0 aromatic carbocycles. The molecule has 0 aliphatic rings. The van der Waals surface area contributed by atoms with Gasteiger partial charge in [-0.15, -0.1) is 0 Å². The molecule has 0 spiro atoms. The molecule has 0 amide bonds. The van der Waals surface area contributed by atoms with Crippen LogP contribution in [0.2, 0.25) is 0 Å². The zero-order valence-corrected chi connectivity index (χ0v) is 9.36. The fourth-order valence-corrected chi connectivity index (χ4v) is 1.61. The Kier molecular flexibility index (Phi) is 5.00. The van der Waals surface area contributed by atoms with Crippen LogP contribution in [0.15, 0.2) is 0 Å². The second-order valence-electron chi connectivity index (χ2n) is 2.92. The van der Waals surface area contributed by atoms with Gasteiger partial charge in [0.1, 0.15) is 0 Å². The van der Waals surface area contributed by atoms with E-state index in [1.807, 2.05) is 6.92 Å². The second-order valence-corrected chi connectivity index (χ2v) is 6.33. The Morgan fingerprint density at radius 1 is 1.36 bits per heavy atom.